The van der Waals surface area contributed by atoms with E-state index >= 15 is 0 Å². The highest BCUT2D eigenvalue weighted by molar-refractivity contribution is 5.97. The first-order chi connectivity index (χ1) is 13.0. The van der Waals surface area contributed by atoms with Crippen LogP contribution in [-0.4, -0.2) is 46.7 Å². The van der Waals surface area contributed by atoms with Gasteiger partial charge in [-0.3, -0.25) is 9.69 Å². The molecule has 5 aliphatic rings. The van der Waals surface area contributed by atoms with Crippen molar-refractivity contribution in [3.8, 4) is 5.75 Å². The van der Waals surface area contributed by atoms with Gasteiger partial charge in [0.2, 0.25) is 0 Å². The zero-order chi connectivity index (χ0) is 18.6. The van der Waals surface area contributed by atoms with Gasteiger partial charge in [-0.05, 0) is 68.5 Å². The predicted molar refractivity (Wildman–Crippen MR) is 101 cm³/mol. The van der Waals surface area contributed by atoms with Crippen molar-refractivity contribution >= 4 is 5.91 Å². The topological polar surface area (TPSA) is 75.8 Å². The van der Waals surface area contributed by atoms with Gasteiger partial charge < -0.3 is 15.6 Å². The van der Waals surface area contributed by atoms with Crippen LogP contribution in [0.4, 0.5) is 0 Å². The van der Waals surface area contributed by atoms with Gasteiger partial charge in [-0.25, -0.2) is 0 Å². The lowest BCUT2D eigenvalue weighted by molar-refractivity contribution is -0.196. The quantitative estimate of drug-likeness (QED) is 0.855. The Balaban J connectivity index is 1.57. The molecule has 1 saturated heterocycles. The zero-order valence-electron chi connectivity index (χ0n) is 15.9. The van der Waals surface area contributed by atoms with E-state index in [4.69, 9.17) is 10.5 Å². The van der Waals surface area contributed by atoms with E-state index in [0.29, 0.717) is 17.2 Å². The van der Waals surface area contributed by atoms with Crippen LogP contribution in [0.2, 0.25) is 0 Å². The summed E-state index contributed by atoms with van der Waals surface area (Å²) in [5.41, 5.74) is 7.35. The van der Waals surface area contributed by atoms with Gasteiger partial charge >= 0.3 is 0 Å². The molecule has 1 amide bonds. The summed E-state index contributed by atoms with van der Waals surface area (Å²) in [6, 6.07) is 4.06. The van der Waals surface area contributed by atoms with Crippen LogP contribution < -0.4 is 10.5 Å². The highest BCUT2D eigenvalue weighted by Crippen LogP contribution is 2.65. The molecule has 1 aromatic rings. The summed E-state index contributed by atoms with van der Waals surface area (Å²) in [6.07, 6.45) is 6.14. The molecule has 5 heteroatoms. The number of rotatable bonds is 3. The number of hydrogen-bond acceptors (Lipinski definition) is 4. The highest BCUT2D eigenvalue weighted by Gasteiger charge is 2.72. The first kappa shape index (κ1) is 16.4. The summed E-state index contributed by atoms with van der Waals surface area (Å²) < 4.78 is 6.50. The van der Waals surface area contributed by atoms with E-state index in [2.05, 4.69) is 17.9 Å². The van der Waals surface area contributed by atoms with Crippen LogP contribution in [0.25, 0.3) is 0 Å². The van der Waals surface area contributed by atoms with Gasteiger partial charge in [0.25, 0.3) is 5.91 Å². The summed E-state index contributed by atoms with van der Waals surface area (Å²) in [4.78, 5) is 14.6. The van der Waals surface area contributed by atoms with Crippen molar-refractivity contribution < 1.29 is 14.6 Å². The first-order valence-electron chi connectivity index (χ1n) is 10.5. The fourth-order valence-electron chi connectivity index (χ4n) is 6.94. The summed E-state index contributed by atoms with van der Waals surface area (Å²) in [6.45, 7) is 4.36. The second-order valence-corrected chi connectivity index (χ2v) is 9.70. The zero-order valence-corrected chi connectivity index (χ0v) is 15.9. The molecule has 5 atom stereocenters. The maximum atomic E-state index is 12.2. The van der Waals surface area contributed by atoms with Crippen molar-refractivity contribution in [3.63, 3.8) is 0 Å². The average Bonchev–Trinajstić information content (AvgIpc) is 3.37. The average molecular weight is 368 g/mol. The van der Waals surface area contributed by atoms with E-state index < -0.39 is 11.5 Å². The van der Waals surface area contributed by atoms with E-state index in [9.17, 15) is 9.90 Å². The number of amides is 1. The Morgan fingerprint density at radius 3 is 2.89 bits per heavy atom. The molecule has 27 heavy (non-hydrogen) atoms. The molecule has 5 nitrogen and oxygen atoms in total. The Labute approximate surface area is 159 Å². The van der Waals surface area contributed by atoms with Crippen molar-refractivity contribution in [3.05, 3.63) is 28.8 Å². The fourth-order valence-corrected chi connectivity index (χ4v) is 6.94. The standard InChI is InChI=1S/C22H28N2O3/c1-12-6-7-22(26)16-10-14-4-5-15(20(23)25)18-17(14)21(22,19(12)27-18)8-9-24(16)11-13-2-3-13/h4-5,12-13,16,19,26H,2-3,6-11H2,1H3,(H2,23,25)/t12-,16-,19+,21+,22-/m1/s1. The summed E-state index contributed by atoms with van der Waals surface area (Å²) in [5, 5.41) is 12.2. The van der Waals surface area contributed by atoms with Gasteiger partial charge in [0.15, 0.2) is 0 Å². The normalized spacial score (nSPS) is 41.8. The molecule has 6 rings (SSSR count). The lowest BCUT2D eigenvalue weighted by atomic mass is 9.47. The number of carbonyl (C=O) groups excluding carboxylic acids is 1. The molecule has 3 aliphatic carbocycles. The molecular formula is C22H28N2O3. The molecule has 0 unspecified atom stereocenters. The Hall–Kier alpha value is -1.59. The van der Waals surface area contributed by atoms with Crippen LogP contribution in [0.15, 0.2) is 12.1 Å². The van der Waals surface area contributed by atoms with Crippen molar-refractivity contribution in [1.82, 2.24) is 4.90 Å². The largest absolute Gasteiger partial charge is 0.488 e. The van der Waals surface area contributed by atoms with Crippen LogP contribution in [0.5, 0.6) is 5.75 Å². The Morgan fingerprint density at radius 1 is 1.33 bits per heavy atom. The summed E-state index contributed by atoms with van der Waals surface area (Å²) in [5.74, 6) is 1.41. The van der Waals surface area contributed by atoms with Crippen LogP contribution in [0, 0.1) is 11.8 Å². The smallest absolute Gasteiger partial charge is 0.252 e. The van der Waals surface area contributed by atoms with E-state index in [1.165, 1.54) is 18.4 Å². The Kier molecular flexibility index (Phi) is 3.07. The van der Waals surface area contributed by atoms with Gasteiger partial charge in [0.05, 0.1) is 16.6 Å². The SMILES string of the molecule is C[C@@H]1CC[C@@]2(O)[C@H]3Cc4ccc(C(N)=O)c5c4[C@@]2(CCN3CC2CC2)[C@H]1O5. The summed E-state index contributed by atoms with van der Waals surface area (Å²) in [7, 11) is 0. The number of hydrogen-bond donors (Lipinski definition) is 2. The molecule has 3 N–H and O–H groups in total. The number of ether oxygens (including phenoxy) is 1. The molecule has 144 valence electrons. The van der Waals surface area contributed by atoms with Crippen LogP contribution >= 0.6 is 0 Å². The lowest BCUT2D eigenvalue weighted by Crippen LogP contribution is -2.76. The highest BCUT2D eigenvalue weighted by atomic mass is 16.5. The number of likely N-dealkylation sites (tertiary alicyclic amines) is 1. The van der Waals surface area contributed by atoms with Crippen molar-refractivity contribution in [2.75, 3.05) is 13.1 Å². The van der Waals surface area contributed by atoms with E-state index in [1.54, 1.807) is 0 Å². The van der Waals surface area contributed by atoms with E-state index in [-0.39, 0.29) is 17.6 Å². The van der Waals surface area contributed by atoms with E-state index in [1.807, 2.05) is 6.07 Å². The van der Waals surface area contributed by atoms with Crippen molar-refractivity contribution in [2.24, 2.45) is 17.6 Å². The number of carbonyl (C=O) groups is 1. The Morgan fingerprint density at radius 2 is 2.15 bits per heavy atom. The molecule has 2 aliphatic heterocycles. The molecule has 1 aromatic carbocycles. The van der Waals surface area contributed by atoms with E-state index in [0.717, 1.165) is 50.3 Å². The molecule has 0 aromatic heterocycles. The minimum Gasteiger partial charge on any atom is -0.488 e. The van der Waals surface area contributed by atoms with Crippen molar-refractivity contribution in [2.45, 2.75) is 68.6 Å². The number of aliphatic hydroxyl groups is 1. The lowest BCUT2D eigenvalue weighted by Gasteiger charge is -2.64. The van der Waals surface area contributed by atoms with Gasteiger partial charge in [0.1, 0.15) is 11.9 Å². The molecule has 1 spiro atoms. The molecule has 3 fully saturated rings. The van der Waals surface area contributed by atoms with Gasteiger partial charge in [-0.15, -0.1) is 0 Å². The Bertz CT molecular complexity index is 850. The van der Waals surface area contributed by atoms with Crippen LogP contribution in [-0.2, 0) is 11.8 Å². The number of primary amides is 1. The number of piperidine rings is 1. The van der Waals surface area contributed by atoms with Crippen molar-refractivity contribution in [1.29, 1.82) is 0 Å². The third kappa shape index (κ3) is 1.85. The van der Waals surface area contributed by atoms with Gasteiger partial charge in [0, 0.05) is 18.2 Å². The molecule has 2 bridgehead atoms. The molecule has 2 saturated carbocycles. The van der Waals surface area contributed by atoms with Crippen LogP contribution in [0.1, 0.15) is 60.5 Å². The van der Waals surface area contributed by atoms with Gasteiger partial charge in [-0.2, -0.15) is 0 Å². The molecular weight excluding hydrogens is 340 g/mol. The number of benzene rings is 1. The maximum Gasteiger partial charge on any atom is 0.252 e. The fraction of sp³-hybridized carbons (Fsp3) is 0.682. The third-order valence-corrected chi connectivity index (χ3v) is 8.34. The van der Waals surface area contributed by atoms with Gasteiger partial charge in [-0.1, -0.05) is 13.0 Å². The minimum absolute atomic E-state index is 0.0589. The molecule has 2 heterocycles. The third-order valence-electron chi connectivity index (χ3n) is 8.34. The second kappa shape index (κ2) is 5.06. The second-order valence-electron chi connectivity index (χ2n) is 9.70. The maximum absolute atomic E-state index is 12.2. The first-order valence-corrected chi connectivity index (χ1v) is 10.5. The minimum atomic E-state index is -0.772. The molecule has 0 radical (unpaired) electrons. The number of nitrogens with two attached hydrogens (primary N) is 1. The predicted octanol–water partition coefficient (Wildman–Crippen LogP) is 1.99. The monoisotopic (exact) mass is 368 g/mol. The van der Waals surface area contributed by atoms with Crippen LogP contribution in [0.3, 0.4) is 0 Å². The number of nitrogens with zero attached hydrogens (tertiary/aromatic N) is 1. The summed E-state index contributed by atoms with van der Waals surface area (Å²) >= 11 is 0.